The van der Waals surface area contributed by atoms with Gasteiger partial charge >= 0.3 is 21.1 Å². The molecule has 4 nitrogen and oxygen atoms in total. The van der Waals surface area contributed by atoms with E-state index in [2.05, 4.69) is 141 Å². The second-order valence-corrected chi connectivity index (χ2v) is 15.1. The van der Waals surface area contributed by atoms with Gasteiger partial charge in [-0.15, -0.1) is 40.8 Å². The van der Waals surface area contributed by atoms with Crippen LogP contribution in [0, 0.1) is 17.5 Å². The smallest absolute Gasteiger partial charge is 0.491 e. The van der Waals surface area contributed by atoms with E-state index in [9.17, 15) is 0 Å². The van der Waals surface area contributed by atoms with Gasteiger partial charge in [0.25, 0.3) is 0 Å². The summed E-state index contributed by atoms with van der Waals surface area (Å²) in [6, 6.07) is 54.5. The maximum absolute atomic E-state index is 6.67. The summed E-state index contributed by atoms with van der Waals surface area (Å²) < 4.78 is 8.88. The first-order valence-electron chi connectivity index (χ1n) is 18.1. The molecule has 0 aliphatic carbocycles. The van der Waals surface area contributed by atoms with Crippen LogP contribution in [0.3, 0.4) is 0 Å². The molecule has 0 bridgehead atoms. The second-order valence-electron chi connectivity index (χ2n) is 15.1. The Morgan fingerprint density at radius 2 is 1.43 bits per heavy atom. The number of nitrogens with zero attached hydrogens (tertiary/aromatic N) is 3. The molecule has 4 heterocycles. The number of hydrogen-bond donors (Lipinski definition) is 0. The minimum absolute atomic E-state index is 0. The van der Waals surface area contributed by atoms with E-state index in [4.69, 9.17) is 14.4 Å². The molecule has 0 aliphatic heterocycles. The van der Waals surface area contributed by atoms with E-state index in [0.29, 0.717) is 0 Å². The van der Waals surface area contributed by atoms with Gasteiger partial charge in [0.1, 0.15) is 11.4 Å². The Hall–Kier alpha value is -5.83. The zero-order valence-electron chi connectivity index (χ0n) is 30.1. The Morgan fingerprint density at radius 3 is 2.24 bits per heavy atom. The summed E-state index contributed by atoms with van der Waals surface area (Å²) in [5.41, 5.74) is 11.2. The fraction of sp³-hybridized carbons (Fsp3) is 0.102. The molecule has 0 fully saturated rings. The van der Waals surface area contributed by atoms with Crippen molar-refractivity contribution in [2.75, 3.05) is 0 Å². The molecule has 54 heavy (non-hydrogen) atoms. The number of furan rings is 1. The summed E-state index contributed by atoms with van der Waals surface area (Å²) in [4.78, 5) is 9.67. The standard InChI is InChI=1S/C49H35N3O.Pt/c1-49(2,3)30-31-18-20-32(21-19-31)33-24-26-50-42(27-33)41-29-40-35(13-10-14-38(40)47-39-12-5-7-16-45(39)53-48(41)47)34-22-23-37-36-11-4-6-15-43(36)52(44(37)28-34)46-17-8-9-25-51-46;/h4-27H,30H2,1-3H3;/q-2;+2. The number of para-hydroxylation sites is 2. The first-order chi connectivity index (χ1) is 25.9. The molecule has 0 saturated carbocycles. The molecule has 0 amide bonds. The van der Waals surface area contributed by atoms with Crippen molar-refractivity contribution in [3.8, 4) is 39.3 Å². The first kappa shape index (κ1) is 34.0. The van der Waals surface area contributed by atoms with Crippen LogP contribution in [0.5, 0.6) is 0 Å². The molecule has 262 valence electrons. The summed E-state index contributed by atoms with van der Waals surface area (Å²) >= 11 is 0. The van der Waals surface area contributed by atoms with Gasteiger partial charge in [0.05, 0.1) is 5.58 Å². The van der Waals surface area contributed by atoms with Gasteiger partial charge in [0.2, 0.25) is 0 Å². The van der Waals surface area contributed by atoms with Crippen molar-refractivity contribution in [2.24, 2.45) is 5.41 Å². The maximum Gasteiger partial charge on any atom is 2.00 e. The zero-order chi connectivity index (χ0) is 35.7. The third kappa shape index (κ3) is 5.73. The molecule has 0 N–H and O–H groups in total. The molecular formula is C49H35N3OPt. The van der Waals surface area contributed by atoms with Crippen molar-refractivity contribution in [1.82, 2.24) is 14.5 Å². The van der Waals surface area contributed by atoms with Crippen LogP contribution in [-0.2, 0) is 27.5 Å². The van der Waals surface area contributed by atoms with Crippen molar-refractivity contribution in [3.05, 3.63) is 164 Å². The molecule has 10 rings (SSSR count). The fourth-order valence-corrected chi connectivity index (χ4v) is 7.92. The van der Waals surface area contributed by atoms with Gasteiger partial charge in [-0.2, -0.15) is 0 Å². The van der Waals surface area contributed by atoms with E-state index < -0.39 is 0 Å². The Kier molecular flexibility index (Phi) is 8.32. The zero-order valence-corrected chi connectivity index (χ0v) is 32.4. The van der Waals surface area contributed by atoms with Gasteiger partial charge in [-0.25, -0.2) is 4.98 Å². The number of hydrogen-bond acceptors (Lipinski definition) is 3. The Bertz CT molecular complexity index is 3010. The summed E-state index contributed by atoms with van der Waals surface area (Å²) in [6.07, 6.45) is 4.76. The third-order valence-electron chi connectivity index (χ3n) is 10.2. The minimum atomic E-state index is 0. The van der Waals surface area contributed by atoms with E-state index in [1.807, 2.05) is 42.7 Å². The number of benzene rings is 6. The molecule has 0 unspecified atom stereocenters. The molecule has 10 aromatic rings. The van der Waals surface area contributed by atoms with Crippen LogP contribution in [0.2, 0.25) is 0 Å². The number of pyridine rings is 2. The molecule has 4 aromatic heterocycles. The Morgan fingerprint density at radius 1 is 0.648 bits per heavy atom. The molecule has 0 radical (unpaired) electrons. The third-order valence-corrected chi connectivity index (χ3v) is 10.2. The molecule has 6 aromatic carbocycles. The van der Waals surface area contributed by atoms with Crippen LogP contribution in [0.4, 0.5) is 0 Å². The van der Waals surface area contributed by atoms with Gasteiger partial charge in [-0.1, -0.05) is 128 Å². The number of aromatic nitrogens is 3. The number of fused-ring (bicyclic) bond motifs is 8. The summed E-state index contributed by atoms with van der Waals surface area (Å²) in [6.45, 7) is 6.83. The quantitative estimate of drug-likeness (QED) is 0.162. The second kappa shape index (κ2) is 13.2. The number of rotatable bonds is 5. The Balaban J connectivity index is 0.00000384. The van der Waals surface area contributed by atoms with Gasteiger partial charge in [-0.05, 0) is 75.1 Å². The average molecular weight is 877 g/mol. The summed E-state index contributed by atoms with van der Waals surface area (Å²) in [7, 11) is 0. The van der Waals surface area contributed by atoms with Gasteiger partial charge < -0.3 is 8.98 Å². The van der Waals surface area contributed by atoms with E-state index in [1.54, 1.807) is 0 Å². The molecule has 0 atom stereocenters. The topological polar surface area (TPSA) is 43.9 Å². The van der Waals surface area contributed by atoms with E-state index in [1.165, 1.54) is 10.9 Å². The van der Waals surface area contributed by atoms with Crippen molar-refractivity contribution in [2.45, 2.75) is 27.2 Å². The molecule has 5 heteroatoms. The van der Waals surface area contributed by atoms with Crippen molar-refractivity contribution < 1.29 is 25.5 Å². The summed E-state index contributed by atoms with van der Waals surface area (Å²) in [5, 5.41) is 6.51. The monoisotopic (exact) mass is 876 g/mol. The van der Waals surface area contributed by atoms with Crippen LogP contribution in [0.15, 0.2) is 150 Å². The van der Waals surface area contributed by atoms with Crippen molar-refractivity contribution >= 4 is 54.5 Å². The van der Waals surface area contributed by atoms with E-state index in [0.717, 1.165) is 94.9 Å². The molecule has 0 aliphatic rings. The van der Waals surface area contributed by atoms with Gasteiger partial charge in [0, 0.05) is 29.0 Å². The SMILES string of the molecule is CC(C)(C)Cc1ccc(-c2ccnc(-c3[c-]c4c(-c5[c-]c6c(cc5)c5ccccc5n6-c5ccccn5)cccc4c4c3oc3ccccc34)c2)cc1.[Pt+2]. The molecule has 0 saturated heterocycles. The van der Waals surface area contributed by atoms with Crippen LogP contribution < -0.4 is 0 Å². The predicted octanol–water partition coefficient (Wildman–Crippen LogP) is 12.8. The van der Waals surface area contributed by atoms with E-state index in [-0.39, 0.29) is 26.5 Å². The molecule has 0 spiro atoms. The van der Waals surface area contributed by atoms with Gasteiger partial charge in [0.15, 0.2) is 0 Å². The normalized spacial score (nSPS) is 11.9. The first-order valence-corrected chi connectivity index (χ1v) is 18.1. The van der Waals surface area contributed by atoms with Crippen LogP contribution in [0.1, 0.15) is 26.3 Å². The van der Waals surface area contributed by atoms with E-state index >= 15 is 0 Å². The fourth-order valence-electron chi connectivity index (χ4n) is 7.92. The van der Waals surface area contributed by atoms with Crippen molar-refractivity contribution in [3.63, 3.8) is 0 Å². The van der Waals surface area contributed by atoms with Crippen molar-refractivity contribution in [1.29, 1.82) is 0 Å². The van der Waals surface area contributed by atoms with Crippen LogP contribution in [-0.4, -0.2) is 14.5 Å². The Labute approximate surface area is 328 Å². The summed E-state index contributed by atoms with van der Waals surface area (Å²) in [5.74, 6) is 0.861. The van der Waals surface area contributed by atoms with Crippen LogP contribution in [0.25, 0.3) is 93.8 Å². The van der Waals surface area contributed by atoms with Gasteiger partial charge in [-0.3, -0.25) is 4.98 Å². The predicted molar refractivity (Wildman–Crippen MR) is 218 cm³/mol. The largest absolute Gasteiger partial charge is 2.00 e. The minimum Gasteiger partial charge on any atom is -0.491 e. The van der Waals surface area contributed by atoms with Crippen LogP contribution >= 0.6 is 0 Å². The average Bonchev–Trinajstić information content (AvgIpc) is 3.74. The maximum atomic E-state index is 6.67. The molecular weight excluding hydrogens is 842 g/mol.